The van der Waals surface area contributed by atoms with Gasteiger partial charge in [0.1, 0.15) is 0 Å². The van der Waals surface area contributed by atoms with Crippen molar-refractivity contribution in [1.29, 1.82) is 0 Å². The molecule has 0 fully saturated rings. The van der Waals surface area contributed by atoms with Gasteiger partial charge in [0.15, 0.2) is 0 Å². The monoisotopic (exact) mass is 240 g/mol. The van der Waals surface area contributed by atoms with Crippen molar-refractivity contribution in [3.8, 4) is 0 Å². The van der Waals surface area contributed by atoms with Crippen LogP contribution in [0, 0.1) is 0 Å². The summed E-state index contributed by atoms with van der Waals surface area (Å²) in [7, 11) is 0. The van der Waals surface area contributed by atoms with Gasteiger partial charge in [-0.05, 0) is 35.1 Å². The van der Waals surface area contributed by atoms with E-state index in [1.807, 2.05) is 17.8 Å². The van der Waals surface area contributed by atoms with Gasteiger partial charge in [-0.15, -0.1) is 0 Å². The third kappa shape index (κ3) is 3.79. The molecule has 0 aliphatic heterocycles. The van der Waals surface area contributed by atoms with Crippen LogP contribution in [0.2, 0.25) is 0 Å². The topological polar surface area (TPSA) is 0 Å². The van der Waals surface area contributed by atoms with E-state index >= 15 is 0 Å². The van der Waals surface area contributed by atoms with Crippen LogP contribution in [0.25, 0.3) is 6.08 Å². The third-order valence-corrected chi connectivity index (χ3v) is 3.64. The first kappa shape index (κ1) is 12.0. The van der Waals surface area contributed by atoms with Crippen LogP contribution in [0.15, 0.2) is 70.5 Å². The van der Waals surface area contributed by atoms with E-state index in [-0.39, 0.29) is 0 Å². The van der Waals surface area contributed by atoms with Crippen molar-refractivity contribution in [3.63, 3.8) is 0 Å². The van der Waals surface area contributed by atoms with Crippen LogP contribution in [0.3, 0.4) is 0 Å². The molecule has 0 aliphatic rings. The summed E-state index contributed by atoms with van der Waals surface area (Å²) in [5.74, 6) is 0. The first-order valence-electron chi connectivity index (χ1n) is 5.87. The lowest BCUT2D eigenvalue weighted by molar-refractivity contribution is 1.21. The first-order chi connectivity index (χ1) is 8.38. The Labute approximate surface area is 107 Å². The lowest BCUT2D eigenvalue weighted by Gasteiger charge is -2.04. The van der Waals surface area contributed by atoms with E-state index in [4.69, 9.17) is 0 Å². The van der Waals surface area contributed by atoms with Gasteiger partial charge in [-0.2, -0.15) is 0 Å². The van der Waals surface area contributed by atoms with Gasteiger partial charge in [-0.1, -0.05) is 67.2 Å². The highest BCUT2D eigenvalue weighted by Gasteiger charge is 1.98. The highest BCUT2D eigenvalue weighted by molar-refractivity contribution is 8.03. The molecule has 0 spiro atoms. The standard InChI is InChI=1S/C16H16S/c1-2-15(13-14-9-5-3-6-10-14)17-16-11-7-4-8-12-16/h3-13H,2H2,1H3/b15-13-. The minimum atomic E-state index is 1.06. The molecule has 0 bridgehead atoms. The lowest BCUT2D eigenvalue weighted by Crippen LogP contribution is -1.77. The third-order valence-electron chi connectivity index (χ3n) is 2.47. The Morgan fingerprint density at radius 3 is 2.12 bits per heavy atom. The second kappa shape index (κ2) is 6.31. The summed E-state index contributed by atoms with van der Waals surface area (Å²) >= 11 is 1.84. The van der Waals surface area contributed by atoms with Crippen molar-refractivity contribution < 1.29 is 0 Å². The zero-order valence-corrected chi connectivity index (χ0v) is 10.8. The average molecular weight is 240 g/mol. The molecule has 0 N–H and O–H groups in total. The average Bonchev–Trinajstić information content (AvgIpc) is 2.40. The Balaban J connectivity index is 2.15. The Bertz CT molecular complexity index is 471. The maximum absolute atomic E-state index is 2.26. The van der Waals surface area contributed by atoms with Crippen LogP contribution in [-0.4, -0.2) is 0 Å². The summed E-state index contributed by atoms with van der Waals surface area (Å²) in [5, 5.41) is 0. The van der Waals surface area contributed by atoms with Gasteiger partial charge in [-0.3, -0.25) is 0 Å². The molecule has 0 heterocycles. The van der Waals surface area contributed by atoms with Crippen molar-refractivity contribution in [3.05, 3.63) is 71.1 Å². The molecular formula is C16H16S. The molecule has 86 valence electrons. The molecule has 2 rings (SSSR count). The van der Waals surface area contributed by atoms with Crippen LogP contribution < -0.4 is 0 Å². The quantitative estimate of drug-likeness (QED) is 0.659. The van der Waals surface area contributed by atoms with E-state index in [1.54, 1.807) is 0 Å². The summed E-state index contributed by atoms with van der Waals surface area (Å²) in [6, 6.07) is 21.0. The fourth-order valence-electron chi connectivity index (χ4n) is 1.58. The van der Waals surface area contributed by atoms with Crippen LogP contribution in [-0.2, 0) is 0 Å². The van der Waals surface area contributed by atoms with Crippen molar-refractivity contribution in [2.75, 3.05) is 0 Å². The van der Waals surface area contributed by atoms with Crippen molar-refractivity contribution in [1.82, 2.24) is 0 Å². The minimum Gasteiger partial charge on any atom is -0.0945 e. The van der Waals surface area contributed by atoms with E-state index in [0.29, 0.717) is 0 Å². The number of hydrogen-bond acceptors (Lipinski definition) is 1. The summed E-state index contributed by atoms with van der Waals surface area (Å²) < 4.78 is 0. The van der Waals surface area contributed by atoms with Crippen LogP contribution in [0.4, 0.5) is 0 Å². The van der Waals surface area contributed by atoms with Gasteiger partial charge < -0.3 is 0 Å². The smallest absolute Gasteiger partial charge is 0.0119 e. The predicted octanol–water partition coefficient (Wildman–Crippen LogP) is 5.23. The predicted molar refractivity (Wildman–Crippen MR) is 77.0 cm³/mol. The zero-order valence-electron chi connectivity index (χ0n) is 9.97. The molecule has 1 heteroatoms. The van der Waals surface area contributed by atoms with Gasteiger partial charge in [-0.25, -0.2) is 0 Å². The molecule has 0 saturated carbocycles. The van der Waals surface area contributed by atoms with E-state index < -0.39 is 0 Å². The fraction of sp³-hybridized carbons (Fsp3) is 0.125. The summed E-state index contributed by atoms with van der Waals surface area (Å²) in [5.41, 5.74) is 1.27. The number of benzene rings is 2. The second-order valence-corrected chi connectivity index (χ2v) is 4.99. The van der Waals surface area contributed by atoms with Gasteiger partial charge in [0, 0.05) is 4.90 Å². The first-order valence-corrected chi connectivity index (χ1v) is 6.68. The highest BCUT2D eigenvalue weighted by Crippen LogP contribution is 2.29. The minimum absolute atomic E-state index is 1.06. The van der Waals surface area contributed by atoms with Gasteiger partial charge in [0.05, 0.1) is 0 Å². The number of thioether (sulfide) groups is 1. The van der Waals surface area contributed by atoms with Gasteiger partial charge in [0.2, 0.25) is 0 Å². The molecule has 0 nitrogen and oxygen atoms in total. The number of allylic oxidation sites excluding steroid dienone is 1. The highest BCUT2D eigenvalue weighted by atomic mass is 32.2. The Morgan fingerprint density at radius 2 is 1.53 bits per heavy atom. The molecule has 0 unspecified atom stereocenters. The molecule has 2 aromatic rings. The maximum Gasteiger partial charge on any atom is 0.0119 e. The van der Waals surface area contributed by atoms with Crippen molar-refractivity contribution >= 4 is 17.8 Å². The molecule has 2 aromatic carbocycles. The van der Waals surface area contributed by atoms with E-state index in [1.165, 1.54) is 15.4 Å². The van der Waals surface area contributed by atoms with Crippen LogP contribution in [0.5, 0.6) is 0 Å². The van der Waals surface area contributed by atoms with Crippen molar-refractivity contribution in [2.24, 2.45) is 0 Å². The number of rotatable bonds is 4. The molecular weight excluding hydrogens is 224 g/mol. The van der Waals surface area contributed by atoms with Crippen LogP contribution >= 0.6 is 11.8 Å². The molecule has 0 aromatic heterocycles. The fourth-order valence-corrected chi connectivity index (χ4v) is 2.51. The van der Waals surface area contributed by atoms with Gasteiger partial charge in [0.25, 0.3) is 0 Å². The maximum atomic E-state index is 2.26. The summed E-state index contributed by atoms with van der Waals surface area (Å²) in [6.07, 6.45) is 3.33. The van der Waals surface area contributed by atoms with E-state index in [9.17, 15) is 0 Å². The molecule has 0 aliphatic carbocycles. The summed E-state index contributed by atoms with van der Waals surface area (Å²) in [4.78, 5) is 2.69. The van der Waals surface area contributed by atoms with Gasteiger partial charge >= 0.3 is 0 Å². The molecule has 0 radical (unpaired) electrons. The van der Waals surface area contributed by atoms with E-state index in [0.717, 1.165) is 6.42 Å². The second-order valence-electron chi connectivity index (χ2n) is 3.79. The molecule has 0 saturated heterocycles. The lowest BCUT2D eigenvalue weighted by atomic mass is 10.2. The van der Waals surface area contributed by atoms with Crippen molar-refractivity contribution in [2.45, 2.75) is 18.2 Å². The Morgan fingerprint density at radius 1 is 0.941 bits per heavy atom. The SMILES string of the molecule is CC/C(=C/c1ccccc1)Sc1ccccc1. The van der Waals surface area contributed by atoms with Crippen LogP contribution in [0.1, 0.15) is 18.9 Å². The molecule has 0 amide bonds. The largest absolute Gasteiger partial charge is 0.0945 e. The Kier molecular flexibility index (Phi) is 4.45. The summed E-state index contributed by atoms with van der Waals surface area (Å²) in [6.45, 7) is 2.20. The Hall–Kier alpha value is -1.47. The number of hydrogen-bond donors (Lipinski definition) is 0. The molecule has 0 atom stereocenters. The normalized spacial score (nSPS) is 11.5. The molecule has 17 heavy (non-hydrogen) atoms. The zero-order chi connectivity index (χ0) is 11.9. The van der Waals surface area contributed by atoms with E-state index in [2.05, 4.69) is 67.6 Å².